The van der Waals surface area contributed by atoms with Crippen molar-refractivity contribution in [3.05, 3.63) is 34.6 Å². The van der Waals surface area contributed by atoms with Gasteiger partial charge >= 0.3 is 0 Å². The second-order valence-corrected chi connectivity index (χ2v) is 9.01. The summed E-state index contributed by atoms with van der Waals surface area (Å²) in [4.78, 5) is 10.3. The Bertz CT molecular complexity index is 917. The number of nitrogens with zero attached hydrogens (tertiary/aromatic N) is 3. The van der Waals surface area contributed by atoms with Crippen LogP contribution in [0.2, 0.25) is 0 Å². The Kier molecular flexibility index (Phi) is 5.44. The van der Waals surface area contributed by atoms with Gasteiger partial charge in [0.15, 0.2) is 0 Å². The summed E-state index contributed by atoms with van der Waals surface area (Å²) in [6, 6.07) is 6.23. The standard InChI is InChI=1S/C16H19BrFN5O2S/c1-26(24,25)16-21-14(20-11-2-3-13(18)12(17)8-11)9-15(22-16)23-6-4-10(19)5-7-23/h2-3,8-10H,4-7,19H2,1H3,(H,20,21,22). The van der Waals surface area contributed by atoms with Crippen LogP contribution in [-0.2, 0) is 9.84 Å². The zero-order valence-corrected chi connectivity index (χ0v) is 16.5. The lowest BCUT2D eigenvalue weighted by Gasteiger charge is -2.31. The van der Waals surface area contributed by atoms with E-state index in [1.165, 1.54) is 6.07 Å². The summed E-state index contributed by atoms with van der Waals surface area (Å²) in [5.41, 5.74) is 6.50. The van der Waals surface area contributed by atoms with E-state index < -0.39 is 9.84 Å². The Labute approximate surface area is 159 Å². The van der Waals surface area contributed by atoms with Gasteiger partial charge in [0.2, 0.25) is 9.84 Å². The molecule has 1 aliphatic heterocycles. The molecule has 2 heterocycles. The molecule has 1 aliphatic rings. The monoisotopic (exact) mass is 443 g/mol. The van der Waals surface area contributed by atoms with Gasteiger partial charge in [0.1, 0.15) is 17.5 Å². The number of aromatic nitrogens is 2. The molecule has 1 aromatic heterocycles. The van der Waals surface area contributed by atoms with E-state index in [2.05, 4.69) is 31.2 Å². The van der Waals surface area contributed by atoms with Crippen LogP contribution in [0.4, 0.5) is 21.7 Å². The van der Waals surface area contributed by atoms with Crippen molar-refractivity contribution in [2.75, 3.05) is 29.6 Å². The minimum atomic E-state index is -3.59. The highest BCUT2D eigenvalue weighted by Crippen LogP contribution is 2.26. The molecule has 1 fully saturated rings. The molecule has 0 bridgehead atoms. The summed E-state index contributed by atoms with van der Waals surface area (Å²) >= 11 is 3.12. The van der Waals surface area contributed by atoms with Crippen LogP contribution >= 0.6 is 15.9 Å². The molecular weight excluding hydrogens is 425 g/mol. The number of rotatable bonds is 4. The molecule has 2 aromatic rings. The van der Waals surface area contributed by atoms with Crippen LogP contribution in [0.1, 0.15) is 12.8 Å². The van der Waals surface area contributed by atoms with Gasteiger partial charge in [0.05, 0.1) is 4.47 Å². The van der Waals surface area contributed by atoms with Crippen molar-refractivity contribution in [1.29, 1.82) is 0 Å². The first-order valence-corrected chi connectivity index (χ1v) is 10.7. The van der Waals surface area contributed by atoms with Gasteiger partial charge in [-0.25, -0.2) is 22.8 Å². The molecule has 10 heteroatoms. The summed E-state index contributed by atoms with van der Waals surface area (Å²) < 4.78 is 37.6. The van der Waals surface area contributed by atoms with Crippen molar-refractivity contribution in [1.82, 2.24) is 9.97 Å². The molecule has 1 saturated heterocycles. The molecule has 0 atom stereocenters. The van der Waals surface area contributed by atoms with E-state index in [1.54, 1.807) is 18.2 Å². The predicted molar refractivity (Wildman–Crippen MR) is 102 cm³/mol. The van der Waals surface area contributed by atoms with Crippen molar-refractivity contribution in [3.8, 4) is 0 Å². The smallest absolute Gasteiger partial charge is 0.250 e. The van der Waals surface area contributed by atoms with E-state index in [1.807, 2.05) is 4.90 Å². The third kappa shape index (κ3) is 4.49. The van der Waals surface area contributed by atoms with Gasteiger partial charge in [0, 0.05) is 37.1 Å². The van der Waals surface area contributed by atoms with Crippen LogP contribution in [0.15, 0.2) is 33.9 Å². The molecule has 3 N–H and O–H groups in total. The first-order chi connectivity index (χ1) is 12.2. The Hall–Kier alpha value is -1.78. The average molecular weight is 444 g/mol. The molecular formula is C16H19BrFN5O2S. The lowest BCUT2D eigenvalue weighted by Crippen LogP contribution is -2.40. The van der Waals surface area contributed by atoms with Gasteiger partial charge in [-0.15, -0.1) is 0 Å². The maximum Gasteiger partial charge on any atom is 0.250 e. The molecule has 7 nitrogen and oxygen atoms in total. The zero-order chi connectivity index (χ0) is 18.9. The number of halogens is 2. The maximum absolute atomic E-state index is 13.4. The van der Waals surface area contributed by atoms with Gasteiger partial charge in [-0.2, -0.15) is 0 Å². The highest BCUT2D eigenvalue weighted by molar-refractivity contribution is 9.10. The summed E-state index contributed by atoms with van der Waals surface area (Å²) in [6.45, 7) is 1.39. The van der Waals surface area contributed by atoms with Crippen LogP contribution in [0.25, 0.3) is 0 Å². The van der Waals surface area contributed by atoms with E-state index >= 15 is 0 Å². The van der Waals surface area contributed by atoms with Gasteiger partial charge in [-0.05, 0) is 47.0 Å². The number of piperidine rings is 1. The number of sulfone groups is 1. The zero-order valence-electron chi connectivity index (χ0n) is 14.1. The molecule has 0 radical (unpaired) electrons. The first kappa shape index (κ1) is 19.0. The van der Waals surface area contributed by atoms with Gasteiger partial charge < -0.3 is 16.0 Å². The summed E-state index contributed by atoms with van der Waals surface area (Å²) in [7, 11) is -3.59. The molecule has 1 aromatic carbocycles. The van der Waals surface area contributed by atoms with Gasteiger partial charge in [-0.3, -0.25) is 0 Å². The third-order valence-corrected chi connectivity index (χ3v) is 5.53. The topological polar surface area (TPSA) is 101 Å². The third-order valence-electron chi connectivity index (χ3n) is 4.08. The first-order valence-electron chi connectivity index (χ1n) is 8.04. The fourth-order valence-electron chi connectivity index (χ4n) is 2.66. The Morgan fingerprint density at radius 2 is 1.96 bits per heavy atom. The average Bonchev–Trinajstić information content (AvgIpc) is 2.58. The fraction of sp³-hybridized carbons (Fsp3) is 0.375. The molecule has 0 spiro atoms. The molecule has 3 rings (SSSR count). The largest absolute Gasteiger partial charge is 0.356 e. The summed E-state index contributed by atoms with van der Waals surface area (Å²) in [5.74, 6) is 0.459. The summed E-state index contributed by atoms with van der Waals surface area (Å²) in [6.07, 6.45) is 2.69. The second kappa shape index (κ2) is 7.45. The van der Waals surface area contributed by atoms with E-state index in [-0.39, 0.29) is 17.0 Å². The van der Waals surface area contributed by atoms with E-state index in [9.17, 15) is 12.8 Å². The van der Waals surface area contributed by atoms with Crippen LogP contribution in [0.5, 0.6) is 0 Å². The predicted octanol–water partition coefficient (Wildman–Crippen LogP) is 2.45. The Morgan fingerprint density at radius 3 is 2.58 bits per heavy atom. The van der Waals surface area contributed by atoms with Crippen molar-refractivity contribution >= 4 is 43.1 Å². The Morgan fingerprint density at radius 1 is 1.27 bits per heavy atom. The quantitative estimate of drug-likeness (QED) is 0.699. The van der Waals surface area contributed by atoms with Crippen molar-refractivity contribution in [2.24, 2.45) is 5.73 Å². The minimum absolute atomic E-state index is 0.150. The molecule has 0 amide bonds. The van der Waals surface area contributed by atoms with Crippen molar-refractivity contribution < 1.29 is 12.8 Å². The van der Waals surface area contributed by atoms with E-state index in [0.717, 1.165) is 19.1 Å². The molecule has 0 saturated carbocycles. The highest BCUT2D eigenvalue weighted by atomic mass is 79.9. The van der Waals surface area contributed by atoms with E-state index in [4.69, 9.17) is 5.73 Å². The number of benzene rings is 1. The van der Waals surface area contributed by atoms with Crippen LogP contribution < -0.4 is 16.0 Å². The maximum atomic E-state index is 13.4. The number of nitrogens with two attached hydrogens (primary N) is 1. The lowest BCUT2D eigenvalue weighted by atomic mass is 10.1. The fourth-order valence-corrected chi connectivity index (χ4v) is 3.56. The molecule has 140 valence electrons. The molecule has 0 unspecified atom stereocenters. The number of hydrogen-bond donors (Lipinski definition) is 2. The Balaban J connectivity index is 1.95. The van der Waals surface area contributed by atoms with Crippen molar-refractivity contribution in [3.63, 3.8) is 0 Å². The highest BCUT2D eigenvalue weighted by Gasteiger charge is 2.21. The molecule has 26 heavy (non-hydrogen) atoms. The number of nitrogens with one attached hydrogen (secondary N) is 1. The van der Waals surface area contributed by atoms with Gasteiger partial charge in [0.25, 0.3) is 5.16 Å². The second-order valence-electron chi connectivity index (χ2n) is 6.24. The minimum Gasteiger partial charge on any atom is -0.356 e. The number of hydrogen-bond acceptors (Lipinski definition) is 7. The van der Waals surface area contributed by atoms with Crippen LogP contribution in [0.3, 0.4) is 0 Å². The summed E-state index contributed by atoms with van der Waals surface area (Å²) in [5, 5.41) is 2.75. The molecule has 0 aliphatic carbocycles. The van der Waals surface area contributed by atoms with Crippen molar-refractivity contribution in [2.45, 2.75) is 24.0 Å². The SMILES string of the molecule is CS(=O)(=O)c1nc(Nc2ccc(F)c(Br)c2)cc(N2CCC(N)CC2)n1. The van der Waals surface area contributed by atoms with Crippen LogP contribution in [-0.4, -0.2) is 43.8 Å². The number of anilines is 3. The van der Waals surface area contributed by atoms with Gasteiger partial charge in [-0.1, -0.05) is 0 Å². The lowest BCUT2D eigenvalue weighted by molar-refractivity contribution is 0.497. The van der Waals surface area contributed by atoms with E-state index in [0.29, 0.717) is 34.9 Å². The normalized spacial score (nSPS) is 15.9. The van der Waals surface area contributed by atoms with Crippen LogP contribution in [0, 0.1) is 5.82 Å².